The molecule has 0 unspecified atom stereocenters. The summed E-state index contributed by atoms with van der Waals surface area (Å²) in [6.07, 6.45) is 1.71. The van der Waals surface area contributed by atoms with Crippen molar-refractivity contribution in [2.24, 2.45) is 5.73 Å². The summed E-state index contributed by atoms with van der Waals surface area (Å²) >= 11 is 0. The first kappa shape index (κ1) is 14.5. The molecule has 1 heterocycles. The Bertz CT molecular complexity index is 609. The first-order valence-corrected chi connectivity index (χ1v) is 6.82. The maximum atomic E-state index is 5.92. The Hall–Kier alpha value is -1.94. The largest absolute Gasteiger partial charge is 0.453 e. The number of nitrogens with two attached hydrogens (primary N) is 1. The van der Waals surface area contributed by atoms with Crippen LogP contribution in [0.25, 0.3) is 0 Å². The second kappa shape index (κ2) is 6.01. The summed E-state index contributed by atoms with van der Waals surface area (Å²) in [6.45, 7) is 8.53. The van der Waals surface area contributed by atoms with Crippen molar-refractivity contribution in [2.45, 2.75) is 40.2 Å². The number of hydrogen-bond acceptors (Lipinski definition) is 4. The van der Waals surface area contributed by atoms with Gasteiger partial charge in [0.05, 0.1) is 6.20 Å². The minimum Gasteiger partial charge on any atom is -0.453 e. The number of ether oxygens (including phenoxy) is 1. The summed E-state index contributed by atoms with van der Waals surface area (Å²) in [5, 5.41) is 0. The van der Waals surface area contributed by atoms with Gasteiger partial charge in [0, 0.05) is 12.5 Å². The van der Waals surface area contributed by atoms with Crippen LogP contribution in [0.3, 0.4) is 0 Å². The maximum Gasteiger partial charge on any atom is 0.168 e. The van der Waals surface area contributed by atoms with Gasteiger partial charge in [-0.1, -0.05) is 31.5 Å². The molecule has 1 aromatic heterocycles. The minimum absolute atomic E-state index is 0.274. The Kier molecular flexibility index (Phi) is 4.35. The molecule has 0 radical (unpaired) electrons. The number of rotatable bonds is 4. The van der Waals surface area contributed by atoms with E-state index in [-0.39, 0.29) is 5.92 Å². The Balaban J connectivity index is 2.33. The molecule has 2 aromatic rings. The topological polar surface area (TPSA) is 61.0 Å². The summed E-state index contributed by atoms with van der Waals surface area (Å²) in [5.74, 6) is 2.50. The Labute approximate surface area is 120 Å². The fourth-order valence-corrected chi connectivity index (χ4v) is 1.96. The molecule has 0 bridgehead atoms. The average Bonchev–Trinajstić information content (AvgIpc) is 2.42. The van der Waals surface area contributed by atoms with E-state index in [1.165, 1.54) is 5.56 Å². The predicted molar refractivity (Wildman–Crippen MR) is 80.0 cm³/mol. The van der Waals surface area contributed by atoms with Gasteiger partial charge < -0.3 is 10.5 Å². The normalized spacial score (nSPS) is 10.9. The van der Waals surface area contributed by atoms with Crippen LogP contribution in [-0.4, -0.2) is 9.97 Å². The van der Waals surface area contributed by atoms with Gasteiger partial charge in [-0.2, -0.15) is 0 Å². The third-order valence-electron chi connectivity index (χ3n) is 3.11. The molecule has 0 aliphatic carbocycles. The van der Waals surface area contributed by atoms with Gasteiger partial charge in [-0.25, -0.2) is 9.97 Å². The van der Waals surface area contributed by atoms with Crippen molar-refractivity contribution in [3.63, 3.8) is 0 Å². The number of hydrogen-bond donors (Lipinski definition) is 1. The third kappa shape index (κ3) is 3.14. The molecule has 2 N–H and O–H groups in total. The van der Waals surface area contributed by atoms with Gasteiger partial charge in [0.1, 0.15) is 17.3 Å². The second-order valence-corrected chi connectivity index (χ2v) is 5.27. The number of aromatic nitrogens is 2. The standard InChI is InChI=1S/C16H21N3O/c1-10(2)16-18-9-15(13(8-17)19-16)20-14-6-5-11(3)7-12(14)4/h5-7,9-10H,8,17H2,1-4H3. The highest BCUT2D eigenvalue weighted by atomic mass is 16.5. The Morgan fingerprint density at radius 1 is 1.20 bits per heavy atom. The molecule has 0 spiro atoms. The molecule has 4 heteroatoms. The van der Waals surface area contributed by atoms with E-state index in [4.69, 9.17) is 10.5 Å². The Morgan fingerprint density at radius 3 is 2.55 bits per heavy atom. The van der Waals surface area contributed by atoms with Crippen LogP contribution in [0, 0.1) is 13.8 Å². The number of benzene rings is 1. The number of aryl methyl sites for hydroxylation is 2. The summed E-state index contributed by atoms with van der Waals surface area (Å²) in [4.78, 5) is 8.81. The molecule has 0 atom stereocenters. The van der Waals surface area contributed by atoms with E-state index in [0.29, 0.717) is 12.3 Å². The summed E-state index contributed by atoms with van der Waals surface area (Å²) in [7, 11) is 0. The quantitative estimate of drug-likeness (QED) is 0.925. The highest BCUT2D eigenvalue weighted by Crippen LogP contribution is 2.27. The maximum absolute atomic E-state index is 5.92. The first-order valence-electron chi connectivity index (χ1n) is 6.82. The van der Waals surface area contributed by atoms with Crippen molar-refractivity contribution >= 4 is 0 Å². The minimum atomic E-state index is 0.274. The van der Waals surface area contributed by atoms with Gasteiger partial charge in [0.2, 0.25) is 0 Å². The lowest BCUT2D eigenvalue weighted by Crippen LogP contribution is -2.07. The van der Waals surface area contributed by atoms with E-state index in [1.54, 1.807) is 6.20 Å². The molecule has 1 aromatic carbocycles. The van der Waals surface area contributed by atoms with Gasteiger partial charge in [-0.15, -0.1) is 0 Å². The zero-order chi connectivity index (χ0) is 14.7. The highest BCUT2D eigenvalue weighted by molar-refractivity contribution is 5.40. The molecule has 0 aliphatic heterocycles. The van der Waals surface area contributed by atoms with Crippen LogP contribution in [0.1, 0.15) is 42.4 Å². The lowest BCUT2D eigenvalue weighted by molar-refractivity contribution is 0.463. The van der Waals surface area contributed by atoms with E-state index in [9.17, 15) is 0 Å². The van der Waals surface area contributed by atoms with Crippen molar-refractivity contribution in [3.05, 3.63) is 47.0 Å². The predicted octanol–water partition coefficient (Wildman–Crippen LogP) is 3.47. The van der Waals surface area contributed by atoms with Crippen LogP contribution in [-0.2, 0) is 6.54 Å². The van der Waals surface area contributed by atoms with Gasteiger partial charge in [-0.05, 0) is 25.5 Å². The Morgan fingerprint density at radius 2 is 1.95 bits per heavy atom. The van der Waals surface area contributed by atoms with Crippen molar-refractivity contribution < 1.29 is 4.74 Å². The SMILES string of the molecule is Cc1ccc(Oc2cnc(C(C)C)nc2CN)c(C)c1. The smallest absolute Gasteiger partial charge is 0.168 e. The molecule has 106 valence electrons. The van der Waals surface area contributed by atoms with Crippen LogP contribution in [0.2, 0.25) is 0 Å². The molecular formula is C16H21N3O. The molecule has 0 amide bonds. The third-order valence-corrected chi connectivity index (χ3v) is 3.11. The monoisotopic (exact) mass is 271 g/mol. The van der Waals surface area contributed by atoms with E-state index >= 15 is 0 Å². The van der Waals surface area contributed by atoms with Crippen LogP contribution in [0.5, 0.6) is 11.5 Å². The van der Waals surface area contributed by atoms with Crippen LogP contribution < -0.4 is 10.5 Å². The molecule has 4 nitrogen and oxygen atoms in total. The lowest BCUT2D eigenvalue weighted by Gasteiger charge is -2.13. The van der Waals surface area contributed by atoms with Crippen molar-refractivity contribution in [2.75, 3.05) is 0 Å². The second-order valence-electron chi connectivity index (χ2n) is 5.27. The average molecular weight is 271 g/mol. The van der Waals surface area contributed by atoms with E-state index in [2.05, 4.69) is 36.8 Å². The van der Waals surface area contributed by atoms with Gasteiger partial charge >= 0.3 is 0 Å². The fourth-order valence-electron chi connectivity index (χ4n) is 1.96. The zero-order valence-corrected chi connectivity index (χ0v) is 12.5. The van der Waals surface area contributed by atoms with Crippen LogP contribution >= 0.6 is 0 Å². The molecule has 2 rings (SSSR count). The van der Waals surface area contributed by atoms with E-state index in [0.717, 1.165) is 22.8 Å². The molecular weight excluding hydrogens is 250 g/mol. The van der Waals surface area contributed by atoms with E-state index in [1.807, 2.05) is 19.1 Å². The molecule has 0 aliphatic rings. The summed E-state index contributed by atoms with van der Waals surface area (Å²) < 4.78 is 5.92. The fraction of sp³-hybridized carbons (Fsp3) is 0.375. The summed E-state index contributed by atoms with van der Waals surface area (Å²) in [6, 6.07) is 6.07. The molecule has 0 saturated carbocycles. The summed E-state index contributed by atoms with van der Waals surface area (Å²) in [5.41, 5.74) is 8.80. The van der Waals surface area contributed by atoms with Crippen LogP contribution in [0.15, 0.2) is 24.4 Å². The van der Waals surface area contributed by atoms with Crippen molar-refractivity contribution in [3.8, 4) is 11.5 Å². The van der Waals surface area contributed by atoms with Gasteiger partial charge in [0.25, 0.3) is 0 Å². The van der Waals surface area contributed by atoms with Crippen molar-refractivity contribution in [1.29, 1.82) is 0 Å². The van der Waals surface area contributed by atoms with Crippen molar-refractivity contribution in [1.82, 2.24) is 9.97 Å². The highest BCUT2D eigenvalue weighted by Gasteiger charge is 2.11. The lowest BCUT2D eigenvalue weighted by atomic mass is 10.1. The van der Waals surface area contributed by atoms with Gasteiger partial charge in [0.15, 0.2) is 5.75 Å². The number of nitrogens with zero attached hydrogens (tertiary/aromatic N) is 2. The first-order chi connectivity index (χ1) is 9.51. The van der Waals surface area contributed by atoms with Crippen LogP contribution in [0.4, 0.5) is 0 Å². The molecule has 0 saturated heterocycles. The zero-order valence-electron chi connectivity index (χ0n) is 12.5. The van der Waals surface area contributed by atoms with E-state index < -0.39 is 0 Å². The van der Waals surface area contributed by atoms with Gasteiger partial charge in [-0.3, -0.25) is 0 Å². The molecule has 0 fully saturated rings. The molecule has 20 heavy (non-hydrogen) atoms.